The second-order valence-corrected chi connectivity index (χ2v) is 5.44. The van der Waals surface area contributed by atoms with E-state index in [1.165, 1.54) is 12.1 Å². The number of hydrogen-bond donors (Lipinski definition) is 1. The lowest BCUT2D eigenvalue weighted by Crippen LogP contribution is -2.37. The Balaban J connectivity index is 2.46. The lowest BCUT2D eigenvalue weighted by Gasteiger charge is -2.29. The first-order valence-electron chi connectivity index (χ1n) is 6.72. The van der Waals surface area contributed by atoms with E-state index in [9.17, 15) is 14.3 Å². The molecule has 0 saturated carbocycles. The zero-order valence-electron chi connectivity index (χ0n) is 11.6. The molecule has 0 bridgehead atoms. The maximum absolute atomic E-state index is 13.2. The molecule has 2 aromatic rings. The van der Waals surface area contributed by atoms with E-state index >= 15 is 0 Å². The van der Waals surface area contributed by atoms with Crippen LogP contribution in [0.3, 0.4) is 0 Å². The highest BCUT2D eigenvalue weighted by Crippen LogP contribution is 2.33. The highest BCUT2D eigenvalue weighted by atomic mass is 35.5. The van der Waals surface area contributed by atoms with Crippen molar-refractivity contribution in [1.82, 2.24) is 0 Å². The van der Waals surface area contributed by atoms with Crippen LogP contribution in [0.4, 0.5) is 4.39 Å². The zero-order chi connectivity index (χ0) is 15.5. The molecule has 0 radical (unpaired) electrons. The molecule has 0 spiro atoms. The van der Waals surface area contributed by atoms with Crippen molar-refractivity contribution >= 4 is 17.6 Å². The Hall–Kier alpha value is -1.87. The fraction of sp³-hybridized carbons (Fsp3) is 0.235. The molecule has 0 aliphatic carbocycles. The Morgan fingerprint density at radius 1 is 1.24 bits per heavy atom. The number of rotatable bonds is 5. The third-order valence-electron chi connectivity index (χ3n) is 3.83. The van der Waals surface area contributed by atoms with Gasteiger partial charge in [0.2, 0.25) is 0 Å². The summed E-state index contributed by atoms with van der Waals surface area (Å²) < 4.78 is 13.2. The Bertz CT molecular complexity index is 642. The van der Waals surface area contributed by atoms with Crippen LogP contribution >= 0.6 is 11.6 Å². The van der Waals surface area contributed by atoms with E-state index in [0.717, 1.165) is 5.56 Å². The summed E-state index contributed by atoms with van der Waals surface area (Å²) in [5, 5.41) is 9.77. The first-order valence-corrected chi connectivity index (χ1v) is 7.10. The maximum atomic E-state index is 13.2. The van der Waals surface area contributed by atoms with Crippen molar-refractivity contribution in [3.05, 3.63) is 70.5 Å². The Kier molecular flexibility index (Phi) is 4.63. The van der Waals surface area contributed by atoms with Crippen molar-refractivity contribution in [2.75, 3.05) is 0 Å². The third-order valence-corrected chi connectivity index (χ3v) is 4.12. The van der Waals surface area contributed by atoms with Gasteiger partial charge in [-0.15, -0.1) is 0 Å². The van der Waals surface area contributed by atoms with Crippen LogP contribution in [0.15, 0.2) is 48.5 Å². The van der Waals surface area contributed by atoms with E-state index < -0.39 is 17.2 Å². The Labute approximate surface area is 128 Å². The van der Waals surface area contributed by atoms with Gasteiger partial charge in [-0.2, -0.15) is 0 Å². The van der Waals surface area contributed by atoms with Gasteiger partial charge in [-0.3, -0.25) is 4.79 Å². The van der Waals surface area contributed by atoms with Gasteiger partial charge in [0.15, 0.2) is 0 Å². The zero-order valence-corrected chi connectivity index (χ0v) is 12.4. The first kappa shape index (κ1) is 15.5. The molecule has 4 heteroatoms. The third kappa shape index (κ3) is 3.08. The molecule has 2 nitrogen and oxygen atoms in total. The number of benzene rings is 2. The number of carbonyl (C=O) groups is 1. The average Bonchev–Trinajstić information content (AvgIpc) is 2.49. The topological polar surface area (TPSA) is 37.3 Å². The van der Waals surface area contributed by atoms with E-state index in [4.69, 9.17) is 11.6 Å². The van der Waals surface area contributed by atoms with Crippen LogP contribution in [0, 0.1) is 5.82 Å². The molecule has 1 atom stereocenters. The van der Waals surface area contributed by atoms with Crippen LogP contribution in [0.2, 0.25) is 5.02 Å². The minimum atomic E-state index is -1.04. The smallest absolute Gasteiger partial charge is 0.314 e. The summed E-state index contributed by atoms with van der Waals surface area (Å²) in [4.78, 5) is 11.9. The molecule has 110 valence electrons. The van der Waals surface area contributed by atoms with Gasteiger partial charge in [-0.25, -0.2) is 4.39 Å². The molecule has 0 aliphatic rings. The quantitative estimate of drug-likeness (QED) is 0.886. The second kappa shape index (κ2) is 6.27. The molecule has 0 heterocycles. The number of carboxylic acid groups (broad SMARTS) is 1. The lowest BCUT2D eigenvalue weighted by molar-refractivity contribution is -0.144. The summed E-state index contributed by atoms with van der Waals surface area (Å²) >= 11 is 5.79. The summed E-state index contributed by atoms with van der Waals surface area (Å²) in [7, 11) is 0. The van der Waals surface area contributed by atoms with Crippen LogP contribution in [-0.4, -0.2) is 11.1 Å². The molecule has 1 N–H and O–H groups in total. The van der Waals surface area contributed by atoms with E-state index in [2.05, 4.69) is 0 Å². The van der Waals surface area contributed by atoms with Crippen LogP contribution < -0.4 is 0 Å². The highest BCUT2D eigenvalue weighted by molar-refractivity contribution is 6.30. The molecular weight excluding hydrogens is 291 g/mol. The average molecular weight is 307 g/mol. The van der Waals surface area contributed by atoms with E-state index in [0.29, 0.717) is 12.0 Å². The van der Waals surface area contributed by atoms with Crippen molar-refractivity contribution in [2.45, 2.75) is 25.2 Å². The fourth-order valence-corrected chi connectivity index (χ4v) is 2.74. The van der Waals surface area contributed by atoms with Crippen molar-refractivity contribution < 1.29 is 14.3 Å². The van der Waals surface area contributed by atoms with Crippen LogP contribution in [0.1, 0.15) is 24.5 Å². The van der Waals surface area contributed by atoms with Gasteiger partial charge < -0.3 is 5.11 Å². The standard InChI is InChI=1S/C17H16ClFO2/c1-2-17(16(20)21,13-6-4-3-5-7-13)11-12-8-9-15(19)14(18)10-12/h3-10H,2,11H2,1H3,(H,20,21). The van der Waals surface area contributed by atoms with E-state index in [1.807, 2.05) is 37.3 Å². The first-order chi connectivity index (χ1) is 9.99. The largest absolute Gasteiger partial charge is 0.481 e. The predicted molar refractivity (Wildman–Crippen MR) is 81.2 cm³/mol. The molecular formula is C17H16ClFO2. The van der Waals surface area contributed by atoms with E-state index in [-0.39, 0.29) is 11.4 Å². The lowest BCUT2D eigenvalue weighted by atomic mass is 9.73. The monoisotopic (exact) mass is 306 g/mol. The second-order valence-electron chi connectivity index (χ2n) is 5.03. The molecule has 1 unspecified atom stereocenters. The molecule has 0 amide bonds. The molecule has 0 fully saturated rings. The van der Waals surface area contributed by atoms with Gasteiger partial charge in [-0.1, -0.05) is 54.9 Å². The highest BCUT2D eigenvalue weighted by Gasteiger charge is 2.38. The fourth-order valence-electron chi connectivity index (χ4n) is 2.54. The summed E-state index contributed by atoms with van der Waals surface area (Å²) in [6.45, 7) is 1.84. The Morgan fingerprint density at radius 3 is 2.43 bits per heavy atom. The molecule has 0 aromatic heterocycles. The van der Waals surface area contributed by atoms with E-state index in [1.54, 1.807) is 6.07 Å². The van der Waals surface area contributed by atoms with Crippen molar-refractivity contribution in [3.8, 4) is 0 Å². The number of carboxylic acids is 1. The summed E-state index contributed by atoms with van der Waals surface area (Å²) in [6.07, 6.45) is 0.699. The van der Waals surface area contributed by atoms with Gasteiger partial charge in [0.05, 0.1) is 10.4 Å². The molecule has 21 heavy (non-hydrogen) atoms. The summed E-state index contributed by atoms with van der Waals surface area (Å²) in [6, 6.07) is 13.4. The molecule has 2 rings (SSSR count). The molecule has 0 aliphatic heterocycles. The molecule has 2 aromatic carbocycles. The molecule has 0 saturated heterocycles. The van der Waals surface area contributed by atoms with Crippen LogP contribution in [-0.2, 0) is 16.6 Å². The maximum Gasteiger partial charge on any atom is 0.314 e. The van der Waals surface area contributed by atoms with Gasteiger partial charge >= 0.3 is 5.97 Å². The van der Waals surface area contributed by atoms with Crippen molar-refractivity contribution in [3.63, 3.8) is 0 Å². The van der Waals surface area contributed by atoms with Crippen LogP contribution in [0.25, 0.3) is 0 Å². The predicted octanol–water partition coefficient (Wildman–Crippen LogP) is 4.45. The SMILES string of the molecule is CCC(Cc1ccc(F)c(Cl)c1)(C(=O)O)c1ccccc1. The van der Waals surface area contributed by atoms with Gasteiger partial charge in [0.1, 0.15) is 5.82 Å². The minimum absolute atomic E-state index is 0.0101. The summed E-state index contributed by atoms with van der Waals surface area (Å²) in [5.41, 5.74) is 0.401. The number of halogens is 2. The Morgan fingerprint density at radius 2 is 1.90 bits per heavy atom. The normalized spacial score (nSPS) is 13.7. The summed E-state index contributed by atoms with van der Waals surface area (Å²) in [5.74, 6) is -1.39. The number of hydrogen-bond acceptors (Lipinski definition) is 1. The number of aliphatic carboxylic acids is 1. The van der Waals surface area contributed by atoms with Crippen LogP contribution in [0.5, 0.6) is 0 Å². The van der Waals surface area contributed by atoms with Gasteiger partial charge in [0.25, 0.3) is 0 Å². The minimum Gasteiger partial charge on any atom is -0.481 e. The van der Waals surface area contributed by atoms with Gasteiger partial charge in [0, 0.05) is 0 Å². The van der Waals surface area contributed by atoms with Crippen molar-refractivity contribution in [1.29, 1.82) is 0 Å². The van der Waals surface area contributed by atoms with Gasteiger partial charge in [-0.05, 0) is 36.1 Å². The van der Waals surface area contributed by atoms with Crippen molar-refractivity contribution in [2.24, 2.45) is 0 Å².